The molecule has 0 aromatic heterocycles. The largest absolute Gasteiger partial charge is 0.355 e. The Morgan fingerprint density at radius 3 is 2.57 bits per heavy atom. The molecule has 7 nitrogen and oxygen atoms in total. The number of carbonyl (C=O) groups excluding carboxylic acids is 1. The van der Waals surface area contributed by atoms with Crippen molar-refractivity contribution in [3.8, 4) is 6.07 Å². The lowest BCUT2D eigenvalue weighted by Crippen LogP contribution is -2.36. The van der Waals surface area contributed by atoms with Crippen LogP contribution in [0, 0.1) is 11.3 Å². The van der Waals surface area contributed by atoms with Crippen molar-refractivity contribution in [1.82, 2.24) is 14.5 Å². The Morgan fingerprint density at radius 1 is 1.00 bits per heavy atom. The molecule has 3 rings (SSSR count). The molecule has 1 fully saturated rings. The first-order chi connectivity index (χ1) is 14.5. The molecule has 1 heterocycles. The molecule has 0 bridgehead atoms. The zero-order valence-electron chi connectivity index (χ0n) is 16.8. The van der Waals surface area contributed by atoms with Crippen LogP contribution in [0.25, 0.3) is 0 Å². The lowest BCUT2D eigenvalue weighted by molar-refractivity contribution is -0.121. The molecule has 1 aliphatic heterocycles. The van der Waals surface area contributed by atoms with Crippen LogP contribution in [0.1, 0.15) is 24.0 Å². The van der Waals surface area contributed by atoms with Gasteiger partial charge in [-0.3, -0.25) is 9.69 Å². The van der Waals surface area contributed by atoms with Crippen LogP contribution in [0.4, 0.5) is 0 Å². The van der Waals surface area contributed by atoms with E-state index in [2.05, 4.69) is 16.3 Å². The average Bonchev–Trinajstić information content (AvgIpc) is 2.80. The Kier molecular flexibility index (Phi) is 7.57. The molecule has 1 amide bonds. The van der Waals surface area contributed by atoms with Gasteiger partial charge in [0, 0.05) is 39.1 Å². The number of benzene rings is 2. The number of sulfonamides is 1. The minimum Gasteiger partial charge on any atom is -0.355 e. The Bertz CT molecular complexity index is 1000. The van der Waals surface area contributed by atoms with Gasteiger partial charge in [-0.05, 0) is 42.8 Å². The number of hydrogen-bond donors (Lipinski definition) is 1. The summed E-state index contributed by atoms with van der Waals surface area (Å²) in [4.78, 5) is 14.6. The van der Waals surface area contributed by atoms with Gasteiger partial charge in [0.05, 0.1) is 16.5 Å². The molecule has 0 atom stereocenters. The van der Waals surface area contributed by atoms with E-state index in [0.717, 1.165) is 5.56 Å². The van der Waals surface area contributed by atoms with Gasteiger partial charge < -0.3 is 5.32 Å². The van der Waals surface area contributed by atoms with Crippen molar-refractivity contribution < 1.29 is 13.2 Å². The minimum absolute atomic E-state index is 0.135. The van der Waals surface area contributed by atoms with Crippen LogP contribution < -0.4 is 5.32 Å². The van der Waals surface area contributed by atoms with Crippen molar-refractivity contribution in [2.75, 3.05) is 32.7 Å². The number of rotatable bonds is 4. The molecule has 1 saturated heterocycles. The van der Waals surface area contributed by atoms with Crippen molar-refractivity contribution in [2.45, 2.75) is 24.3 Å². The zero-order chi connectivity index (χ0) is 21.4. The molecule has 0 spiro atoms. The Labute approximate surface area is 178 Å². The summed E-state index contributed by atoms with van der Waals surface area (Å²) in [6, 6.07) is 17.9. The van der Waals surface area contributed by atoms with E-state index in [9.17, 15) is 13.2 Å². The van der Waals surface area contributed by atoms with E-state index < -0.39 is 10.0 Å². The molecule has 1 aliphatic rings. The summed E-state index contributed by atoms with van der Waals surface area (Å²) in [6.45, 7) is 2.99. The lowest BCUT2D eigenvalue weighted by atomic mass is 10.1. The van der Waals surface area contributed by atoms with Crippen molar-refractivity contribution in [3.63, 3.8) is 0 Å². The SMILES string of the molecule is N#Cc1cccc(CN2CCCN(S(=O)(=O)c3ccccc3)CCC(=O)NCC2)c1. The second kappa shape index (κ2) is 10.3. The highest BCUT2D eigenvalue weighted by atomic mass is 32.2. The monoisotopic (exact) mass is 426 g/mol. The Balaban J connectivity index is 1.73. The molecular formula is C22H26N4O3S. The highest BCUT2D eigenvalue weighted by molar-refractivity contribution is 7.89. The minimum atomic E-state index is -3.65. The number of nitrogens with one attached hydrogen (secondary N) is 1. The molecule has 0 saturated carbocycles. The van der Waals surface area contributed by atoms with E-state index in [-0.39, 0.29) is 23.8 Å². The number of hydrogen-bond acceptors (Lipinski definition) is 5. The molecule has 0 radical (unpaired) electrons. The van der Waals surface area contributed by atoms with Crippen molar-refractivity contribution >= 4 is 15.9 Å². The first-order valence-electron chi connectivity index (χ1n) is 10.0. The maximum atomic E-state index is 13.0. The van der Waals surface area contributed by atoms with Gasteiger partial charge in [0.1, 0.15) is 0 Å². The van der Waals surface area contributed by atoms with Gasteiger partial charge in [0.25, 0.3) is 0 Å². The lowest BCUT2D eigenvalue weighted by Gasteiger charge is -2.24. The van der Waals surface area contributed by atoms with E-state index >= 15 is 0 Å². The van der Waals surface area contributed by atoms with Gasteiger partial charge in [-0.1, -0.05) is 30.3 Å². The van der Waals surface area contributed by atoms with Crippen molar-refractivity contribution in [3.05, 3.63) is 65.7 Å². The molecule has 158 valence electrons. The highest BCUT2D eigenvalue weighted by Crippen LogP contribution is 2.17. The van der Waals surface area contributed by atoms with Crippen LogP contribution in [0.15, 0.2) is 59.5 Å². The third-order valence-corrected chi connectivity index (χ3v) is 6.98. The van der Waals surface area contributed by atoms with Crippen LogP contribution in [-0.4, -0.2) is 56.3 Å². The van der Waals surface area contributed by atoms with Gasteiger partial charge in [0.2, 0.25) is 15.9 Å². The molecule has 2 aromatic rings. The number of nitrogens with zero attached hydrogens (tertiary/aromatic N) is 3. The molecular weight excluding hydrogens is 400 g/mol. The van der Waals surface area contributed by atoms with Crippen LogP contribution in [0.3, 0.4) is 0 Å². The third kappa shape index (κ3) is 5.89. The topological polar surface area (TPSA) is 93.5 Å². The van der Waals surface area contributed by atoms with Crippen LogP contribution in [0.2, 0.25) is 0 Å². The molecule has 30 heavy (non-hydrogen) atoms. The summed E-state index contributed by atoms with van der Waals surface area (Å²) < 4.78 is 27.5. The van der Waals surface area contributed by atoms with Gasteiger partial charge in [-0.15, -0.1) is 0 Å². The summed E-state index contributed by atoms with van der Waals surface area (Å²) >= 11 is 0. The van der Waals surface area contributed by atoms with Gasteiger partial charge >= 0.3 is 0 Å². The average molecular weight is 427 g/mol. The van der Waals surface area contributed by atoms with Gasteiger partial charge in [-0.2, -0.15) is 9.57 Å². The van der Waals surface area contributed by atoms with Gasteiger partial charge in [-0.25, -0.2) is 8.42 Å². The highest BCUT2D eigenvalue weighted by Gasteiger charge is 2.25. The maximum absolute atomic E-state index is 13.0. The maximum Gasteiger partial charge on any atom is 0.243 e. The van der Waals surface area contributed by atoms with E-state index in [0.29, 0.717) is 44.7 Å². The predicted molar refractivity (Wildman–Crippen MR) is 114 cm³/mol. The number of amides is 1. The summed E-state index contributed by atoms with van der Waals surface area (Å²) in [7, 11) is -3.65. The molecule has 0 unspecified atom stereocenters. The third-order valence-electron chi connectivity index (χ3n) is 5.06. The number of carbonyl (C=O) groups is 1. The summed E-state index contributed by atoms with van der Waals surface area (Å²) in [5.74, 6) is -0.156. The molecule has 8 heteroatoms. The van der Waals surface area contributed by atoms with Crippen LogP contribution >= 0.6 is 0 Å². The fourth-order valence-corrected chi connectivity index (χ4v) is 5.00. The van der Waals surface area contributed by atoms with Gasteiger partial charge in [0.15, 0.2) is 0 Å². The Morgan fingerprint density at radius 2 is 1.80 bits per heavy atom. The first kappa shape index (κ1) is 22.0. The first-order valence-corrected chi connectivity index (χ1v) is 11.5. The Hall–Kier alpha value is -2.73. The fraction of sp³-hybridized carbons (Fsp3) is 0.364. The summed E-state index contributed by atoms with van der Waals surface area (Å²) in [5, 5.41) is 12.0. The zero-order valence-corrected chi connectivity index (χ0v) is 17.6. The van der Waals surface area contributed by atoms with Crippen LogP contribution in [-0.2, 0) is 21.4 Å². The standard InChI is InChI=1S/C22H26N4O3S/c23-17-19-6-4-7-20(16-19)18-25-12-5-13-26(14-10-22(27)24-11-15-25)30(28,29)21-8-2-1-3-9-21/h1-4,6-9,16H,5,10-15,18H2,(H,24,27). The summed E-state index contributed by atoms with van der Waals surface area (Å²) in [6.07, 6.45) is 0.786. The van der Waals surface area contributed by atoms with Crippen LogP contribution in [0.5, 0.6) is 0 Å². The number of nitriles is 1. The second-order valence-electron chi connectivity index (χ2n) is 7.26. The quantitative estimate of drug-likeness (QED) is 0.807. The van der Waals surface area contributed by atoms with Crippen molar-refractivity contribution in [1.29, 1.82) is 5.26 Å². The fourth-order valence-electron chi connectivity index (χ4n) is 3.50. The second-order valence-corrected chi connectivity index (χ2v) is 9.20. The smallest absolute Gasteiger partial charge is 0.243 e. The summed E-state index contributed by atoms with van der Waals surface area (Å²) in [5.41, 5.74) is 1.63. The molecule has 1 N–H and O–H groups in total. The van der Waals surface area contributed by atoms with E-state index in [1.165, 1.54) is 4.31 Å². The predicted octanol–water partition coefficient (Wildman–Crippen LogP) is 1.96. The van der Waals surface area contributed by atoms with E-state index in [4.69, 9.17) is 5.26 Å². The van der Waals surface area contributed by atoms with E-state index in [1.54, 1.807) is 36.4 Å². The normalized spacial score (nSPS) is 17.5. The van der Waals surface area contributed by atoms with Crippen molar-refractivity contribution in [2.24, 2.45) is 0 Å². The molecule has 0 aliphatic carbocycles. The molecule has 2 aromatic carbocycles. The van der Waals surface area contributed by atoms with E-state index in [1.807, 2.05) is 18.2 Å².